The first-order chi connectivity index (χ1) is 8.93. The van der Waals surface area contributed by atoms with Crippen LogP contribution in [0.2, 0.25) is 0 Å². The van der Waals surface area contributed by atoms with Crippen LogP contribution in [0.5, 0.6) is 0 Å². The second-order valence-electron chi connectivity index (χ2n) is 5.59. The van der Waals surface area contributed by atoms with Crippen LogP contribution in [0.15, 0.2) is 30.6 Å². The summed E-state index contributed by atoms with van der Waals surface area (Å²) in [6, 6.07) is 9.74. The third-order valence-corrected chi connectivity index (χ3v) is 4.77. The van der Waals surface area contributed by atoms with Gasteiger partial charge >= 0.3 is 0 Å². The molecular formula is C16H13IrN2-. The van der Waals surface area contributed by atoms with E-state index in [4.69, 9.17) is 0 Å². The molecule has 2 aliphatic carbocycles. The van der Waals surface area contributed by atoms with Gasteiger partial charge in [-0.25, -0.2) is 0 Å². The van der Waals surface area contributed by atoms with Crippen molar-refractivity contribution in [2.45, 2.75) is 31.1 Å². The molecule has 2 bridgehead atoms. The third kappa shape index (κ3) is 1.32. The molecule has 0 aliphatic heterocycles. The largest absolute Gasteiger partial charge is 0.344 e. The molecule has 0 saturated heterocycles. The smallest absolute Gasteiger partial charge is 0.0606 e. The first kappa shape index (κ1) is 11.6. The zero-order chi connectivity index (χ0) is 11.7. The second kappa shape index (κ2) is 3.91. The van der Waals surface area contributed by atoms with Crippen LogP contribution in [0.25, 0.3) is 16.4 Å². The minimum absolute atomic E-state index is 0. The number of nitrogens with zero attached hydrogens (tertiary/aromatic N) is 2. The van der Waals surface area contributed by atoms with E-state index in [1.165, 1.54) is 35.7 Å². The van der Waals surface area contributed by atoms with Crippen molar-refractivity contribution in [2.75, 3.05) is 0 Å². The molecule has 1 fully saturated rings. The predicted octanol–water partition coefficient (Wildman–Crippen LogP) is 3.65. The van der Waals surface area contributed by atoms with Crippen LogP contribution in [0, 0.1) is 6.07 Å². The number of aromatic nitrogens is 2. The van der Waals surface area contributed by atoms with Gasteiger partial charge < -0.3 is 4.40 Å². The number of pyridine rings is 1. The Morgan fingerprint density at radius 1 is 1.26 bits per heavy atom. The quantitative estimate of drug-likeness (QED) is 0.503. The van der Waals surface area contributed by atoms with E-state index < -0.39 is 0 Å². The Morgan fingerprint density at radius 2 is 2.16 bits per heavy atom. The van der Waals surface area contributed by atoms with Gasteiger partial charge in [0.25, 0.3) is 0 Å². The van der Waals surface area contributed by atoms with Gasteiger partial charge in [0.2, 0.25) is 0 Å². The number of rotatable bonds is 0. The van der Waals surface area contributed by atoms with Gasteiger partial charge in [-0.05, 0) is 31.1 Å². The average molecular weight is 426 g/mol. The molecule has 2 aliphatic rings. The fourth-order valence-electron chi connectivity index (χ4n) is 4.13. The second-order valence-corrected chi connectivity index (χ2v) is 5.59. The summed E-state index contributed by atoms with van der Waals surface area (Å²) < 4.78 is 2.32. The van der Waals surface area contributed by atoms with Gasteiger partial charge in [0, 0.05) is 38.2 Å². The minimum atomic E-state index is 0. The Hall–Kier alpha value is -1.18. The number of benzene rings is 1. The Balaban J connectivity index is 0.000000968. The van der Waals surface area contributed by atoms with Crippen molar-refractivity contribution in [1.82, 2.24) is 9.38 Å². The van der Waals surface area contributed by atoms with E-state index >= 15 is 0 Å². The van der Waals surface area contributed by atoms with E-state index in [0.29, 0.717) is 0 Å². The van der Waals surface area contributed by atoms with Gasteiger partial charge in [0.1, 0.15) is 0 Å². The zero-order valence-electron chi connectivity index (χ0n) is 10.4. The maximum absolute atomic E-state index is 4.54. The van der Waals surface area contributed by atoms with Crippen LogP contribution in [0.1, 0.15) is 42.4 Å². The summed E-state index contributed by atoms with van der Waals surface area (Å²) in [7, 11) is 0. The molecule has 5 rings (SSSR count). The average Bonchev–Trinajstić information content (AvgIpc) is 3.13. The molecule has 1 radical (unpaired) electrons. The normalized spacial score (nSPS) is 23.8. The number of hydrogen-bond acceptors (Lipinski definition) is 1. The molecule has 1 saturated carbocycles. The maximum Gasteiger partial charge on any atom is 0.0606 e. The Kier molecular flexibility index (Phi) is 2.39. The first-order valence-electron chi connectivity index (χ1n) is 6.72. The van der Waals surface area contributed by atoms with Crippen LogP contribution in [0.4, 0.5) is 0 Å². The molecule has 2 heterocycles. The van der Waals surface area contributed by atoms with Crippen LogP contribution in [-0.4, -0.2) is 9.38 Å². The van der Waals surface area contributed by atoms with E-state index in [0.717, 1.165) is 17.5 Å². The first-order valence-corrected chi connectivity index (χ1v) is 6.72. The molecule has 97 valence electrons. The standard InChI is InChI=1S/C16H13N2.Ir/c1-2-4-13-12(3-1)14-10-5-6-11(9-10)15(14)18-8-7-17-16(13)18;/h1-3,7-8,10-11H,5-6,9H2;/q-1;. The molecule has 3 aromatic rings. The Labute approximate surface area is 125 Å². The molecule has 1 aromatic carbocycles. The monoisotopic (exact) mass is 426 g/mol. The van der Waals surface area contributed by atoms with Crippen LogP contribution < -0.4 is 0 Å². The fourth-order valence-corrected chi connectivity index (χ4v) is 4.13. The summed E-state index contributed by atoms with van der Waals surface area (Å²) in [5.74, 6) is 1.53. The summed E-state index contributed by atoms with van der Waals surface area (Å²) in [4.78, 5) is 4.54. The van der Waals surface area contributed by atoms with Gasteiger partial charge in [-0.1, -0.05) is 10.9 Å². The van der Waals surface area contributed by atoms with Crippen molar-refractivity contribution in [3.05, 3.63) is 47.9 Å². The third-order valence-electron chi connectivity index (χ3n) is 4.77. The predicted molar refractivity (Wildman–Crippen MR) is 70.9 cm³/mol. The van der Waals surface area contributed by atoms with Crippen molar-refractivity contribution >= 4 is 16.4 Å². The Morgan fingerprint density at radius 3 is 3.11 bits per heavy atom. The van der Waals surface area contributed by atoms with E-state index in [1.807, 2.05) is 12.3 Å². The molecule has 2 nitrogen and oxygen atoms in total. The maximum atomic E-state index is 4.54. The van der Waals surface area contributed by atoms with Crippen molar-refractivity contribution < 1.29 is 20.1 Å². The Bertz CT molecular complexity index is 790. The number of fused-ring (bicyclic) bond motifs is 10. The topological polar surface area (TPSA) is 17.3 Å². The molecule has 0 spiro atoms. The molecule has 2 atom stereocenters. The molecule has 0 N–H and O–H groups in total. The van der Waals surface area contributed by atoms with E-state index in [-0.39, 0.29) is 20.1 Å². The molecule has 2 unspecified atom stereocenters. The summed E-state index contributed by atoms with van der Waals surface area (Å²) in [6.07, 6.45) is 8.10. The molecule has 2 aromatic heterocycles. The van der Waals surface area contributed by atoms with Gasteiger partial charge in [-0.15, -0.1) is 29.7 Å². The summed E-state index contributed by atoms with van der Waals surface area (Å²) >= 11 is 0. The van der Waals surface area contributed by atoms with Crippen LogP contribution >= 0.6 is 0 Å². The van der Waals surface area contributed by atoms with E-state index in [9.17, 15) is 0 Å². The fraction of sp³-hybridized carbons (Fsp3) is 0.312. The van der Waals surface area contributed by atoms with Crippen molar-refractivity contribution in [3.8, 4) is 0 Å². The van der Waals surface area contributed by atoms with Gasteiger partial charge in [-0.2, -0.15) is 0 Å². The van der Waals surface area contributed by atoms with Gasteiger partial charge in [0.15, 0.2) is 0 Å². The minimum Gasteiger partial charge on any atom is -0.344 e. The van der Waals surface area contributed by atoms with Gasteiger partial charge in [-0.3, -0.25) is 4.98 Å². The summed E-state index contributed by atoms with van der Waals surface area (Å²) in [5.41, 5.74) is 4.20. The molecule has 3 heteroatoms. The van der Waals surface area contributed by atoms with E-state index in [2.05, 4.69) is 33.8 Å². The van der Waals surface area contributed by atoms with Crippen LogP contribution in [-0.2, 0) is 20.1 Å². The zero-order valence-corrected chi connectivity index (χ0v) is 12.8. The van der Waals surface area contributed by atoms with Crippen LogP contribution in [0.3, 0.4) is 0 Å². The number of imidazole rings is 1. The van der Waals surface area contributed by atoms with Gasteiger partial charge in [0.05, 0.1) is 5.65 Å². The molecule has 19 heavy (non-hydrogen) atoms. The van der Waals surface area contributed by atoms with Crippen molar-refractivity contribution in [3.63, 3.8) is 0 Å². The summed E-state index contributed by atoms with van der Waals surface area (Å²) in [5, 5.41) is 2.58. The molecule has 0 amide bonds. The molecular weight excluding hydrogens is 412 g/mol. The van der Waals surface area contributed by atoms with E-state index in [1.54, 1.807) is 5.56 Å². The SMILES string of the molecule is [Ir].[c-]1cccc2c3c(n4ccnc4c12)C1CCC3C1. The van der Waals surface area contributed by atoms with Crippen molar-refractivity contribution in [2.24, 2.45) is 0 Å². The summed E-state index contributed by atoms with van der Waals surface area (Å²) in [6.45, 7) is 0. The van der Waals surface area contributed by atoms with Crippen molar-refractivity contribution in [1.29, 1.82) is 0 Å². The number of hydrogen-bond donors (Lipinski definition) is 0.